The van der Waals surface area contributed by atoms with E-state index in [1.165, 1.54) is 31.4 Å². The van der Waals surface area contributed by atoms with Gasteiger partial charge in [0.2, 0.25) is 0 Å². The van der Waals surface area contributed by atoms with Gasteiger partial charge in [-0.25, -0.2) is 10.2 Å². The lowest BCUT2D eigenvalue weighted by Gasteiger charge is -2.08. The summed E-state index contributed by atoms with van der Waals surface area (Å²) in [6.07, 6.45) is -5.69. The maximum atomic E-state index is 12.1. The Bertz CT molecular complexity index is 553. The number of hydrogen-bond donors (Lipinski definition) is 2. The molecule has 0 bridgehead atoms. The van der Waals surface area contributed by atoms with Crippen LogP contribution in [0.5, 0.6) is 0 Å². The van der Waals surface area contributed by atoms with Gasteiger partial charge in [-0.1, -0.05) is 12.1 Å². The zero-order valence-corrected chi connectivity index (χ0v) is 11.1. The first-order valence-electron chi connectivity index (χ1n) is 5.61. The molecule has 1 rings (SSSR count). The van der Waals surface area contributed by atoms with Crippen LogP contribution in [0.25, 0.3) is 0 Å². The number of anilines is 1. The number of hydrogen-bond acceptors (Lipinski definition) is 4. The molecule has 1 aromatic rings. The molecule has 0 aromatic heterocycles. The largest absolute Gasteiger partial charge is 0.471 e. The first kappa shape index (κ1) is 16.5. The summed E-state index contributed by atoms with van der Waals surface area (Å²) in [5, 5.41) is 5.43. The van der Waals surface area contributed by atoms with Gasteiger partial charge >= 0.3 is 18.2 Å². The van der Waals surface area contributed by atoms with Gasteiger partial charge in [0.05, 0.1) is 12.8 Å². The quantitative estimate of drug-likeness (QED) is 0.664. The van der Waals surface area contributed by atoms with E-state index < -0.39 is 18.2 Å². The zero-order valence-electron chi connectivity index (χ0n) is 11.1. The lowest BCUT2D eigenvalue weighted by molar-refractivity contribution is -0.167. The second kappa shape index (κ2) is 6.73. The van der Waals surface area contributed by atoms with Crippen LogP contribution < -0.4 is 10.7 Å². The van der Waals surface area contributed by atoms with Crippen molar-refractivity contribution in [3.63, 3.8) is 0 Å². The SMILES string of the molecule is COC(=O)NN=C(C)c1ccc(NC(=O)C(F)(F)F)cc1. The minimum atomic E-state index is -4.94. The van der Waals surface area contributed by atoms with E-state index >= 15 is 0 Å². The molecule has 0 aliphatic carbocycles. The first-order chi connectivity index (χ1) is 9.74. The number of alkyl halides is 3. The molecule has 21 heavy (non-hydrogen) atoms. The fraction of sp³-hybridized carbons (Fsp3) is 0.250. The summed E-state index contributed by atoms with van der Waals surface area (Å²) in [6, 6.07) is 5.47. The van der Waals surface area contributed by atoms with Gasteiger partial charge in [-0.15, -0.1) is 0 Å². The van der Waals surface area contributed by atoms with Gasteiger partial charge in [0.1, 0.15) is 0 Å². The monoisotopic (exact) mass is 303 g/mol. The van der Waals surface area contributed by atoms with Crippen molar-refractivity contribution in [1.29, 1.82) is 0 Å². The van der Waals surface area contributed by atoms with Crippen LogP contribution in [-0.4, -0.2) is 31.0 Å². The predicted molar refractivity (Wildman–Crippen MR) is 68.9 cm³/mol. The van der Waals surface area contributed by atoms with Gasteiger partial charge in [-0.3, -0.25) is 4.79 Å². The molecule has 0 fully saturated rings. The van der Waals surface area contributed by atoms with Crippen molar-refractivity contribution in [3.8, 4) is 0 Å². The molecule has 0 unspecified atom stereocenters. The highest BCUT2D eigenvalue weighted by Gasteiger charge is 2.38. The molecule has 2 amide bonds. The Hall–Kier alpha value is -2.58. The van der Waals surface area contributed by atoms with Crippen molar-refractivity contribution in [2.24, 2.45) is 5.10 Å². The van der Waals surface area contributed by atoms with E-state index in [0.29, 0.717) is 11.3 Å². The zero-order chi connectivity index (χ0) is 16.0. The number of hydrazone groups is 1. The Labute approximate surface area is 118 Å². The van der Waals surface area contributed by atoms with Gasteiger partial charge in [0, 0.05) is 5.69 Å². The lowest BCUT2D eigenvalue weighted by atomic mass is 10.1. The van der Waals surface area contributed by atoms with Crippen LogP contribution >= 0.6 is 0 Å². The van der Waals surface area contributed by atoms with E-state index in [2.05, 4.69) is 15.3 Å². The van der Waals surface area contributed by atoms with Crippen molar-refractivity contribution >= 4 is 23.4 Å². The number of benzene rings is 1. The van der Waals surface area contributed by atoms with Crippen molar-refractivity contribution in [2.75, 3.05) is 12.4 Å². The molecule has 0 saturated carbocycles. The summed E-state index contributed by atoms with van der Waals surface area (Å²) in [5.41, 5.74) is 3.06. The number of nitrogens with one attached hydrogen (secondary N) is 2. The molecule has 0 saturated heterocycles. The molecule has 0 atom stereocenters. The van der Waals surface area contributed by atoms with Crippen molar-refractivity contribution in [1.82, 2.24) is 5.43 Å². The number of carbonyl (C=O) groups excluding carboxylic acids is 2. The first-order valence-corrected chi connectivity index (χ1v) is 5.61. The molecule has 2 N–H and O–H groups in total. The Balaban J connectivity index is 2.74. The minimum absolute atomic E-state index is 0.00481. The van der Waals surface area contributed by atoms with Gasteiger partial charge in [0.25, 0.3) is 0 Å². The van der Waals surface area contributed by atoms with E-state index in [4.69, 9.17) is 0 Å². The molecule has 9 heteroatoms. The van der Waals surface area contributed by atoms with E-state index in [0.717, 1.165) is 0 Å². The third kappa shape index (κ3) is 5.13. The van der Waals surface area contributed by atoms with Crippen LogP contribution in [0.2, 0.25) is 0 Å². The molecular formula is C12H12F3N3O3. The van der Waals surface area contributed by atoms with Crippen LogP contribution in [0.3, 0.4) is 0 Å². The normalized spacial score (nSPS) is 11.8. The standard InChI is InChI=1S/C12H12F3N3O3/c1-7(17-18-11(20)21-2)8-3-5-9(6-4-8)16-10(19)12(13,14)15/h3-6H,1-2H3,(H,16,19)(H,18,20). The average Bonchev–Trinajstić information content (AvgIpc) is 2.44. The summed E-state index contributed by atoms with van der Waals surface area (Å²) in [7, 11) is 1.18. The Morgan fingerprint density at radius 3 is 2.24 bits per heavy atom. The maximum absolute atomic E-state index is 12.1. The van der Waals surface area contributed by atoms with Crippen molar-refractivity contribution < 1.29 is 27.5 Å². The summed E-state index contributed by atoms with van der Waals surface area (Å²) in [5.74, 6) is -2.05. The van der Waals surface area contributed by atoms with Gasteiger partial charge in [-0.05, 0) is 24.6 Å². The van der Waals surface area contributed by atoms with E-state index in [9.17, 15) is 22.8 Å². The second-order valence-electron chi connectivity index (χ2n) is 3.83. The Morgan fingerprint density at radius 2 is 1.76 bits per heavy atom. The topological polar surface area (TPSA) is 79.8 Å². The summed E-state index contributed by atoms with van der Waals surface area (Å²) in [6.45, 7) is 1.58. The summed E-state index contributed by atoms with van der Waals surface area (Å²) >= 11 is 0. The highest BCUT2D eigenvalue weighted by molar-refractivity contribution is 6.00. The third-order valence-corrected chi connectivity index (χ3v) is 2.32. The smallest absolute Gasteiger partial charge is 0.452 e. The fourth-order valence-corrected chi connectivity index (χ4v) is 1.24. The Morgan fingerprint density at radius 1 is 1.19 bits per heavy atom. The van der Waals surface area contributed by atoms with Gasteiger partial charge < -0.3 is 10.1 Å². The van der Waals surface area contributed by atoms with Crippen molar-refractivity contribution in [3.05, 3.63) is 29.8 Å². The summed E-state index contributed by atoms with van der Waals surface area (Å²) < 4.78 is 40.5. The molecule has 0 heterocycles. The van der Waals surface area contributed by atoms with Crippen molar-refractivity contribution in [2.45, 2.75) is 13.1 Å². The minimum Gasteiger partial charge on any atom is -0.452 e. The van der Waals surface area contributed by atoms with Crippen LogP contribution in [0.4, 0.5) is 23.7 Å². The second-order valence-corrected chi connectivity index (χ2v) is 3.83. The highest BCUT2D eigenvalue weighted by atomic mass is 19.4. The maximum Gasteiger partial charge on any atom is 0.471 e. The number of carbonyl (C=O) groups is 2. The molecule has 6 nitrogen and oxygen atoms in total. The molecule has 0 radical (unpaired) electrons. The average molecular weight is 303 g/mol. The number of rotatable bonds is 3. The summed E-state index contributed by atoms with van der Waals surface area (Å²) in [4.78, 5) is 21.6. The highest BCUT2D eigenvalue weighted by Crippen LogP contribution is 2.18. The van der Waals surface area contributed by atoms with Gasteiger partial charge in [0.15, 0.2) is 0 Å². The number of halogens is 3. The number of ether oxygens (including phenoxy) is 1. The predicted octanol–water partition coefficient (Wildman–Crippen LogP) is 2.27. The molecule has 0 aliphatic heterocycles. The molecule has 1 aromatic carbocycles. The molecular weight excluding hydrogens is 291 g/mol. The van der Waals surface area contributed by atoms with E-state index in [1.54, 1.807) is 12.2 Å². The van der Waals surface area contributed by atoms with E-state index in [1.807, 2.05) is 0 Å². The number of nitrogens with zero attached hydrogens (tertiary/aromatic N) is 1. The fourth-order valence-electron chi connectivity index (χ4n) is 1.24. The van der Waals surface area contributed by atoms with Crippen LogP contribution in [0.1, 0.15) is 12.5 Å². The van der Waals surface area contributed by atoms with E-state index in [-0.39, 0.29) is 5.69 Å². The third-order valence-electron chi connectivity index (χ3n) is 2.32. The van der Waals surface area contributed by atoms with Crippen LogP contribution in [0, 0.1) is 0 Å². The molecule has 0 aliphatic rings. The number of methoxy groups -OCH3 is 1. The molecule has 114 valence electrons. The van der Waals surface area contributed by atoms with Gasteiger partial charge in [-0.2, -0.15) is 18.3 Å². The van der Waals surface area contributed by atoms with Crippen LogP contribution in [-0.2, 0) is 9.53 Å². The number of amides is 2. The van der Waals surface area contributed by atoms with Crippen LogP contribution in [0.15, 0.2) is 29.4 Å². The Kier molecular flexibility index (Phi) is 5.28. The lowest BCUT2D eigenvalue weighted by Crippen LogP contribution is -2.29. The molecule has 0 spiro atoms.